The number of β-amino-alcohol motifs (C(OH)–C–C–N with tert-alkyl or cyclic N) is 1. The zero-order valence-corrected chi connectivity index (χ0v) is 41.4. The maximum atomic E-state index is 14.2. The Hall–Kier alpha value is -6.16. The van der Waals surface area contributed by atoms with E-state index in [1.807, 2.05) is 89.0 Å². The lowest BCUT2D eigenvalue weighted by Crippen LogP contribution is -2.58. The molecule has 3 aromatic heterocycles. The number of ether oxygens (including phenoxy) is 1. The third-order valence-corrected chi connectivity index (χ3v) is 13.7. The molecule has 0 spiro atoms. The highest BCUT2D eigenvalue weighted by atomic mass is 32.1. The number of nitrogens with zero attached hydrogens (tertiary/aromatic N) is 6. The summed E-state index contributed by atoms with van der Waals surface area (Å²) < 4.78 is 13.3. The second-order valence-electron chi connectivity index (χ2n) is 19.0. The number of aliphatic hydroxyl groups is 1. The number of imidazole rings is 1. The van der Waals surface area contributed by atoms with E-state index in [2.05, 4.69) is 80.0 Å². The van der Waals surface area contributed by atoms with E-state index in [0.29, 0.717) is 6.61 Å². The monoisotopic (exact) mass is 942 g/mol. The van der Waals surface area contributed by atoms with E-state index >= 15 is 0 Å². The summed E-state index contributed by atoms with van der Waals surface area (Å²) in [6.45, 7) is 16.6. The molecule has 0 unspecified atom stereocenters. The number of hydrogen-bond acceptors (Lipinski definition) is 11. The van der Waals surface area contributed by atoms with Gasteiger partial charge in [0.2, 0.25) is 17.7 Å². The summed E-state index contributed by atoms with van der Waals surface area (Å²) >= 11 is 1.58. The van der Waals surface area contributed by atoms with Crippen LogP contribution in [0.25, 0.3) is 27.3 Å². The molecule has 3 aromatic carbocycles. The standard InChI is InChI=1S/C53H66N8O6S/c1-34-14-15-41(48-36(3)58-67-38(48)5)28-45(34)60(43-22-20-42(21-23-43)59-26-24-54-32-59)25-12-10-9-11-13-27-66-31-47(63)57-50(53(6,7)8)52(65)61-30-44(62)29-46(61)51(64)56-35(2)39-16-18-40(19-17-39)49-37(4)55-33-68-49/h14-24,26,28,32-33,35,44,46,50,62H,9-13,25,27,29-31H2,1-8H3,(H,56,64)(H,57,63)/t35-,44+,46-,50+/m0/s1. The minimum absolute atomic E-state index is 0.00150. The van der Waals surface area contributed by atoms with Crippen LogP contribution in [0.15, 0.2) is 95.5 Å². The maximum Gasteiger partial charge on any atom is 0.246 e. The van der Waals surface area contributed by atoms with Crippen LogP contribution < -0.4 is 15.5 Å². The number of hydrogen-bond donors (Lipinski definition) is 3. The molecule has 3 N–H and O–H groups in total. The molecule has 0 bridgehead atoms. The summed E-state index contributed by atoms with van der Waals surface area (Å²) in [5, 5.41) is 20.8. The number of thiazole rings is 1. The van der Waals surface area contributed by atoms with Crippen LogP contribution in [0.3, 0.4) is 0 Å². The summed E-state index contributed by atoms with van der Waals surface area (Å²) in [7, 11) is 0. The highest BCUT2D eigenvalue weighted by Crippen LogP contribution is 2.36. The van der Waals surface area contributed by atoms with Crippen molar-refractivity contribution in [2.75, 3.05) is 31.2 Å². The number of unbranched alkanes of at least 4 members (excludes halogenated alkanes) is 4. The van der Waals surface area contributed by atoms with Crippen molar-refractivity contribution in [1.82, 2.24) is 35.2 Å². The number of anilines is 2. The van der Waals surface area contributed by atoms with E-state index in [1.165, 1.54) is 10.5 Å². The van der Waals surface area contributed by atoms with Crippen LogP contribution in [-0.2, 0) is 19.1 Å². The molecule has 1 saturated heterocycles. The lowest BCUT2D eigenvalue weighted by atomic mass is 9.85. The van der Waals surface area contributed by atoms with Crippen LogP contribution in [-0.4, -0.2) is 91.9 Å². The number of carbonyl (C=O) groups excluding carboxylic acids is 3. The highest BCUT2D eigenvalue weighted by molar-refractivity contribution is 7.13. The fraction of sp³-hybridized carbons (Fsp3) is 0.434. The van der Waals surface area contributed by atoms with Gasteiger partial charge in [-0.3, -0.25) is 14.4 Å². The number of aryl methyl sites for hydroxylation is 4. The predicted molar refractivity (Wildman–Crippen MR) is 267 cm³/mol. The molecule has 3 amide bonds. The van der Waals surface area contributed by atoms with Gasteiger partial charge in [0.15, 0.2) is 0 Å². The molecule has 4 atom stereocenters. The van der Waals surface area contributed by atoms with Crippen molar-refractivity contribution in [2.24, 2.45) is 5.41 Å². The average molecular weight is 943 g/mol. The summed E-state index contributed by atoms with van der Waals surface area (Å²) in [6, 6.07) is 20.9. The highest BCUT2D eigenvalue weighted by Gasteiger charge is 2.44. The van der Waals surface area contributed by atoms with Gasteiger partial charge in [-0.1, -0.05) is 81.6 Å². The van der Waals surface area contributed by atoms with Gasteiger partial charge in [-0.25, -0.2) is 9.97 Å². The Bertz CT molecular complexity index is 2600. The summed E-state index contributed by atoms with van der Waals surface area (Å²) in [5.41, 5.74) is 11.5. The van der Waals surface area contributed by atoms with Crippen molar-refractivity contribution in [2.45, 2.75) is 118 Å². The summed E-state index contributed by atoms with van der Waals surface area (Å²) in [6.07, 6.45) is 9.50. The molecule has 1 aliphatic rings. The number of nitrogens with one attached hydrogen (secondary N) is 2. The molecule has 6 aromatic rings. The van der Waals surface area contributed by atoms with Gasteiger partial charge in [0.05, 0.1) is 40.2 Å². The van der Waals surface area contributed by atoms with Crippen molar-refractivity contribution < 1.29 is 28.8 Å². The molecule has 1 aliphatic heterocycles. The molecular weight excluding hydrogens is 877 g/mol. The largest absolute Gasteiger partial charge is 0.391 e. The number of rotatable bonds is 20. The number of aliphatic hydroxyl groups excluding tert-OH is 1. The van der Waals surface area contributed by atoms with E-state index < -0.39 is 35.4 Å². The van der Waals surface area contributed by atoms with Gasteiger partial charge in [0, 0.05) is 61.1 Å². The van der Waals surface area contributed by atoms with Crippen LogP contribution in [0.5, 0.6) is 0 Å². The average Bonchev–Trinajstić information content (AvgIpc) is 4.15. The first kappa shape index (κ1) is 49.7. The van der Waals surface area contributed by atoms with Crippen LogP contribution >= 0.6 is 11.3 Å². The fourth-order valence-electron chi connectivity index (χ4n) is 8.94. The summed E-state index contributed by atoms with van der Waals surface area (Å²) in [4.78, 5) is 54.6. The smallest absolute Gasteiger partial charge is 0.246 e. The first-order valence-corrected chi connectivity index (χ1v) is 24.5. The second kappa shape index (κ2) is 22.3. The SMILES string of the molecule is Cc1ccc(-c2c(C)noc2C)cc1N(CCCCCCCOCC(=O)N[C@H](C(=O)N1C[C@H](O)C[C@H]1C(=O)N[C@@H](C)c1ccc(-c2scnc2C)cc1)C(C)(C)C)c1ccc(-n2ccnc2)cc1. The minimum Gasteiger partial charge on any atom is -0.391 e. The second-order valence-corrected chi connectivity index (χ2v) is 19.9. The van der Waals surface area contributed by atoms with Crippen molar-refractivity contribution in [3.8, 4) is 27.3 Å². The molecule has 0 saturated carbocycles. The number of carbonyl (C=O) groups is 3. The zero-order chi connectivity index (χ0) is 48.5. The molecule has 1 fully saturated rings. The minimum atomic E-state index is -0.935. The quantitative estimate of drug-likeness (QED) is 0.0628. The van der Waals surface area contributed by atoms with Gasteiger partial charge < -0.3 is 39.4 Å². The lowest BCUT2D eigenvalue weighted by Gasteiger charge is -2.35. The Labute approximate surface area is 404 Å². The Morgan fingerprint density at radius 1 is 0.926 bits per heavy atom. The number of benzene rings is 3. The molecular formula is C53H66N8O6S. The molecule has 7 rings (SSSR count). The predicted octanol–water partition coefficient (Wildman–Crippen LogP) is 9.36. The molecule has 0 aliphatic carbocycles. The van der Waals surface area contributed by atoms with Gasteiger partial charge in [0.1, 0.15) is 24.5 Å². The molecule has 4 heterocycles. The Balaban J connectivity index is 0.875. The Kier molecular flexibility index (Phi) is 16.3. The molecule has 68 heavy (non-hydrogen) atoms. The summed E-state index contributed by atoms with van der Waals surface area (Å²) in [5.74, 6) is -0.371. The van der Waals surface area contributed by atoms with Crippen molar-refractivity contribution in [1.29, 1.82) is 0 Å². The third-order valence-electron chi connectivity index (χ3n) is 12.7. The van der Waals surface area contributed by atoms with Crippen LogP contribution in [0, 0.1) is 33.1 Å². The maximum absolute atomic E-state index is 14.2. The molecule has 14 nitrogen and oxygen atoms in total. The lowest BCUT2D eigenvalue weighted by molar-refractivity contribution is -0.144. The van der Waals surface area contributed by atoms with Gasteiger partial charge in [0.25, 0.3) is 0 Å². The van der Waals surface area contributed by atoms with Crippen LogP contribution in [0.4, 0.5) is 11.4 Å². The van der Waals surface area contributed by atoms with Crippen LogP contribution in [0.1, 0.15) is 101 Å². The number of amides is 3. The van der Waals surface area contributed by atoms with Gasteiger partial charge in [-0.05, 0) is 105 Å². The van der Waals surface area contributed by atoms with E-state index in [4.69, 9.17) is 9.26 Å². The van der Waals surface area contributed by atoms with Crippen molar-refractivity contribution in [3.63, 3.8) is 0 Å². The molecule has 360 valence electrons. The fourth-order valence-corrected chi connectivity index (χ4v) is 9.76. The number of aromatic nitrogens is 4. The first-order chi connectivity index (χ1) is 32.6. The Morgan fingerprint density at radius 2 is 1.65 bits per heavy atom. The normalized spacial score (nSPS) is 15.9. The van der Waals surface area contributed by atoms with E-state index in [1.54, 1.807) is 23.9 Å². The zero-order valence-electron chi connectivity index (χ0n) is 40.6. The van der Waals surface area contributed by atoms with E-state index in [0.717, 1.165) is 100.0 Å². The van der Waals surface area contributed by atoms with Crippen LogP contribution in [0.2, 0.25) is 0 Å². The first-order valence-electron chi connectivity index (χ1n) is 23.6. The topological polar surface area (TPSA) is 168 Å². The Morgan fingerprint density at radius 3 is 2.31 bits per heavy atom. The third kappa shape index (κ3) is 12.1. The van der Waals surface area contributed by atoms with E-state index in [-0.39, 0.29) is 31.5 Å². The van der Waals surface area contributed by atoms with Gasteiger partial charge >= 0.3 is 0 Å². The van der Waals surface area contributed by atoms with Gasteiger partial charge in [-0.15, -0.1) is 11.3 Å². The van der Waals surface area contributed by atoms with Crippen molar-refractivity contribution in [3.05, 3.63) is 119 Å². The van der Waals surface area contributed by atoms with Crippen molar-refractivity contribution >= 4 is 40.4 Å². The van der Waals surface area contributed by atoms with Gasteiger partial charge in [-0.2, -0.15) is 0 Å². The molecule has 0 radical (unpaired) electrons. The molecule has 15 heteroatoms. The number of likely N-dealkylation sites (tertiary alicyclic amines) is 1. The van der Waals surface area contributed by atoms with E-state index in [9.17, 15) is 19.5 Å².